The minimum atomic E-state index is -1.03. The maximum Gasteiger partial charge on any atom is 0.416 e. The molecule has 142 valence electrons. The van der Waals surface area contributed by atoms with E-state index >= 15 is 0 Å². The Morgan fingerprint density at radius 2 is 1.82 bits per heavy atom. The van der Waals surface area contributed by atoms with E-state index in [4.69, 9.17) is 0 Å². The van der Waals surface area contributed by atoms with Gasteiger partial charge in [0, 0.05) is 29.1 Å². The Morgan fingerprint density at radius 3 is 2.54 bits per heavy atom. The molecule has 2 aromatic carbocycles. The van der Waals surface area contributed by atoms with Crippen molar-refractivity contribution in [2.24, 2.45) is 0 Å². The fraction of sp³-hybridized carbons (Fsp3) is 0.217. The third-order valence-electron chi connectivity index (χ3n) is 5.28. The molecule has 1 N–H and O–H groups in total. The Balaban J connectivity index is 1.87. The summed E-state index contributed by atoms with van der Waals surface area (Å²) in [4.78, 5) is 26.8. The average Bonchev–Trinajstić information content (AvgIpc) is 2.92. The minimum Gasteiger partial charge on any atom is -0.464 e. The van der Waals surface area contributed by atoms with Crippen molar-refractivity contribution in [1.29, 1.82) is 0 Å². The third kappa shape index (κ3) is 2.80. The van der Waals surface area contributed by atoms with Crippen LogP contribution in [0.2, 0.25) is 0 Å². The molecule has 4 rings (SSSR count). The number of fused-ring (bicyclic) bond motifs is 3. The second-order valence-corrected chi connectivity index (χ2v) is 7.90. The maximum absolute atomic E-state index is 13.1. The zero-order valence-corrected chi connectivity index (χ0v) is 16.1. The molecule has 0 radical (unpaired) electrons. The van der Waals surface area contributed by atoms with E-state index in [1.165, 1.54) is 4.57 Å². The summed E-state index contributed by atoms with van der Waals surface area (Å²) in [6, 6.07) is 15.0. The van der Waals surface area contributed by atoms with E-state index in [0.717, 1.165) is 16.5 Å². The van der Waals surface area contributed by atoms with Crippen LogP contribution in [0, 0.1) is 6.92 Å². The third-order valence-corrected chi connectivity index (χ3v) is 5.28. The van der Waals surface area contributed by atoms with E-state index < -0.39 is 11.5 Å². The molecule has 5 heteroatoms. The first-order chi connectivity index (χ1) is 13.3. The highest BCUT2D eigenvalue weighted by atomic mass is 16.4. The van der Waals surface area contributed by atoms with Crippen molar-refractivity contribution in [3.63, 3.8) is 0 Å². The van der Waals surface area contributed by atoms with Crippen LogP contribution < -0.4 is 0 Å². The monoisotopic (exact) mass is 374 g/mol. The van der Waals surface area contributed by atoms with Crippen molar-refractivity contribution in [3.05, 3.63) is 77.1 Å². The van der Waals surface area contributed by atoms with Gasteiger partial charge in [-0.3, -0.25) is 4.79 Å². The second-order valence-electron chi connectivity index (χ2n) is 7.90. The Labute approximate surface area is 163 Å². The lowest BCUT2D eigenvalue weighted by molar-refractivity contribution is 0.0801. The van der Waals surface area contributed by atoms with Gasteiger partial charge in [-0.1, -0.05) is 49.7 Å². The molecule has 3 aromatic rings. The van der Waals surface area contributed by atoms with Gasteiger partial charge in [0.2, 0.25) is 0 Å². The Kier molecular flexibility index (Phi) is 4.11. The van der Waals surface area contributed by atoms with Crippen molar-refractivity contribution in [3.8, 4) is 0 Å². The zero-order valence-electron chi connectivity index (χ0n) is 16.1. The van der Waals surface area contributed by atoms with Crippen LogP contribution in [0.5, 0.6) is 0 Å². The van der Waals surface area contributed by atoms with Gasteiger partial charge in [0.25, 0.3) is 5.91 Å². The number of aromatic nitrogens is 1. The van der Waals surface area contributed by atoms with Gasteiger partial charge in [-0.25, -0.2) is 9.36 Å². The molecule has 0 saturated heterocycles. The van der Waals surface area contributed by atoms with Crippen LogP contribution in [-0.2, 0) is 5.41 Å². The van der Waals surface area contributed by atoms with Crippen LogP contribution in [0.25, 0.3) is 17.0 Å². The number of aryl methyl sites for hydroxylation is 1. The normalized spacial score (nSPS) is 15.3. The molecule has 0 bridgehead atoms. The summed E-state index contributed by atoms with van der Waals surface area (Å²) < 4.78 is 1.31. The predicted octanol–water partition coefficient (Wildman–Crippen LogP) is 4.88. The number of carboxylic acid groups (broad SMARTS) is 1. The quantitative estimate of drug-likeness (QED) is 0.660. The van der Waals surface area contributed by atoms with Crippen LogP contribution in [0.4, 0.5) is 4.79 Å². The van der Waals surface area contributed by atoms with Gasteiger partial charge in [-0.15, -0.1) is 0 Å². The van der Waals surface area contributed by atoms with E-state index in [2.05, 4.69) is 0 Å². The van der Waals surface area contributed by atoms with Crippen LogP contribution in [-0.4, -0.2) is 33.1 Å². The molecule has 0 spiro atoms. The molecule has 1 aliphatic rings. The summed E-state index contributed by atoms with van der Waals surface area (Å²) in [5, 5.41) is 10.7. The van der Waals surface area contributed by atoms with Crippen LogP contribution in [0.15, 0.2) is 54.7 Å². The molecule has 1 amide bonds. The Bertz CT molecular complexity index is 1140. The topological polar surface area (TPSA) is 62.5 Å². The van der Waals surface area contributed by atoms with Crippen molar-refractivity contribution in [2.45, 2.75) is 26.2 Å². The minimum absolute atomic E-state index is 0.0932. The van der Waals surface area contributed by atoms with Gasteiger partial charge in [0.15, 0.2) is 0 Å². The smallest absolute Gasteiger partial charge is 0.416 e. The summed E-state index contributed by atoms with van der Waals surface area (Å²) in [5.41, 5.74) is 3.43. The largest absolute Gasteiger partial charge is 0.464 e. The van der Waals surface area contributed by atoms with Gasteiger partial charge in [0.1, 0.15) is 0 Å². The van der Waals surface area contributed by atoms with E-state index in [9.17, 15) is 14.7 Å². The molecule has 0 saturated carbocycles. The molecule has 0 atom stereocenters. The van der Waals surface area contributed by atoms with E-state index in [1.807, 2.05) is 63.2 Å². The highest BCUT2D eigenvalue weighted by Crippen LogP contribution is 2.39. The summed E-state index contributed by atoms with van der Waals surface area (Å²) in [6.07, 6.45) is 2.42. The SMILES string of the molecule is Cc1cccc(C(=O)N2C=Cc3c(c4ccccc4n3C(=O)O)C(C)(C)C2)c1. The van der Waals surface area contributed by atoms with Gasteiger partial charge in [-0.05, 0) is 36.8 Å². The van der Waals surface area contributed by atoms with Crippen LogP contribution >= 0.6 is 0 Å². The lowest BCUT2D eigenvalue weighted by Crippen LogP contribution is -2.36. The van der Waals surface area contributed by atoms with E-state index in [0.29, 0.717) is 23.3 Å². The fourth-order valence-electron chi connectivity index (χ4n) is 4.14. The molecule has 1 aromatic heterocycles. The first-order valence-corrected chi connectivity index (χ1v) is 9.22. The number of amides is 1. The van der Waals surface area contributed by atoms with Crippen molar-refractivity contribution in [2.75, 3.05) is 6.54 Å². The first kappa shape index (κ1) is 18.0. The summed E-state index contributed by atoms with van der Waals surface area (Å²) in [6.45, 7) is 6.51. The number of benzene rings is 2. The summed E-state index contributed by atoms with van der Waals surface area (Å²) >= 11 is 0. The predicted molar refractivity (Wildman–Crippen MR) is 110 cm³/mol. The van der Waals surface area contributed by atoms with Crippen LogP contribution in [0.3, 0.4) is 0 Å². The molecule has 0 unspecified atom stereocenters. The first-order valence-electron chi connectivity index (χ1n) is 9.22. The molecule has 0 fully saturated rings. The average molecular weight is 374 g/mol. The molecule has 28 heavy (non-hydrogen) atoms. The highest BCUT2D eigenvalue weighted by Gasteiger charge is 2.35. The van der Waals surface area contributed by atoms with Gasteiger partial charge in [-0.2, -0.15) is 0 Å². The molecular formula is C23H22N2O3. The number of nitrogens with zero attached hydrogens (tertiary/aromatic N) is 2. The van der Waals surface area contributed by atoms with Crippen LogP contribution in [0.1, 0.15) is 41.0 Å². The summed E-state index contributed by atoms with van der Waals surface area (Å²) in [7, 11) is 0. The van der Waals surface area contributed by atoms with Crippen molar-refractivity contribution >= 4 is 29.0 Å². The lowest BCUT2D eigenvalue weighted by Gasteiger charge is -2.30. The molecule has 5 nitrogen and oxygen atoms in total. The molecule has 2 heterocycles. The molecule has 0 aliphatic carbocycles. The highest BCUT2D eigenvalue weighted by molar-refractivity contribution is 5.99. The number of carbonyl (C=O) groups is 2. The Hall–Kier alpha value is -3.34. The van der Waals surface area contributed by atoms with Gasteiger partial charge < -0.3 is 10.0 Å². The number of para-hydroxylation sites is 1. The lowest BCUT2D eigenvalue weighted by atomic mass is 9.82. The number of carbonyl (C=O) groups excluding carboxylic acids is 1. The fourth-order valence-corrected chi connectivity index (χ4v) is 4.14. The number of rotatable bonds is 1. The van der Waals surface area contributed by atoms with Crippen molar-refractivity contribution < 1.29 is 14.7 Å². The second kappa shape index (κ2) is 6.37. The number of hydrogen-bond acceptors (Lipinski definition) is 2. The molecule has 1 aliphatic heterocycles. The van der Waals surface area contributed by atoms with Gasteiger partial charge in [0.05, 0.1) is 11.2 Å². The molecular weight excluding hydrogens is 352 g/mol. The number of hydrogen-bond donors (Lipinski definition) is 1. The van der Waals surface area contributed by atoms with Gasteiger partial charge >= 0.3 is 6.09 Å². The van der Waals surface area contributed by atoms with E-state index in [-0.39, 0.29) is 5.91 Å². The van der Waals surface area contributed by atoms with Crippen molar-refractivity contribution in [1.82, 2.24) is 9.47 Å². The Morgan fingerprint density at radius 1 is 1.07 bits per heavy atom. The van der Waals surface area contributed by atoms with E-state index in [1.54, 1.807) is 23.2 Å². The summed E-state index contributed by atoms with van der Waals surface area (Å²) in [5.74, 6) is -0.0932. The zero-order chi connectivity index (χ0) is 20.1. The maximum atomic E-state index is 13.1. The standard InChI is InChI=1S/C23H22N2O3/c1-15-7-6-8-16(13-15)21(26)24-12-11-19-20(23(2,3)14-24)17-9-4-5-10-18(17)25(19)22(27)28/h4-13H,14H2,1-3H3,(H,27,28).